The number of aryl methyl sites for hydroxylation is 1. The average Bonchev–Trinajstić information content (AvgIpc) is 2.91. The molecule has 3 aromatic rings. The number of furan rings is 1. The van der Waals surface area contributed by atoms with Crippen molar-refractivity contribution in [1.29, 1.82) is 0 Å². The van der Waals surface area contributed by atoms with Gasteiger partial charge in [0.25, 0.3) is 5.91 Å². The van der Waals surface area contributed by atoms with E-state index in [2.05, 4.69) is 21.2 Å². The second-order valence-corrected chi connectivity index (χ2v) is 6.41. The molecule has 5 heteroatoms. The fourth-order valence-corrected chi connectivity index (χ4v) is 2.86. The van der Waals surface area contributed by atoms with Crippen LogP contribution in [0.3, 0.4) is 0 Å². The maximum absolute atomic E-state index is 12.6. The summed E-state index contributed by atoms with van der Waals surface area (Å²) >= 11 is 3.44. The van der Waals surface area contributed by atoms with Gasteiger partial charge in [-0.3, -0.25) is 4.79 Å². The first-order valence-electron chi connectivity index (χ1n) is 7.82. The molecule has 1 aromatic heterocycles. The van der Waals surface area contributed by atoms with Crippen molar-refractivity contribution in [3.8, 4) is 5.75 Å². The Morgan fingerprint density at radius 2 is 2.04 bits per heavy atom. The highest BCUT2D eigenvalue weighted by Gasteiger charge is 2.19. The molecule has 24 heavy (non-hydrogen) atoms. The Hall–Kier alpha value is -2.27. The monoisotopic (exact) mass is 387 g/mol. The normalized spacial score (nSPS) is 10.8. The van der Waals surface area contributed by atoms with Gasteiger partial charge in [-0.2, -0.15) is 0 Å². The molecule has 0 unspecified atom stereocenters. The molecule has 0 spiro atoms. The first kappa shape index (κ1) is 16.6. The van der Waals surface area contributed by atoms with Gasteiger partial charge in [-0.1, -0.05) is 35.0 Å². The zero-order valence-electron chi connectivity index (χ0n) is 13.6. The lowest BCUT2D eigenvalue weighted by atomic mass is 10.1. The van der Waals surface area contributed by atoms with Crippen LogP contribution in [0.1, 0.15) is 29.5 Å². The standard InChI is InChI=1S/C19H18BrNO3/c1-3-10-23-17-7-5-4-6-15(17)21-19(22)18-12(2)14-11-13(20)8-9-16(14)24-18/h4-9,11H,3,10H2,1-2H3,(H,21,22). The molecule has 0 aliphatic heterocycles. The lowest BCUT2D eigenvalue weighted by molar-refractivity contribution is 0.0997. The summed E-state index contributed by atoms with van der Waals surface area (Å²) in [6.07, 6.45) is 0.903. The molecule has 0 atom stereocenters. The van der Waals surface area contributed by atoms with Crippen LogP contribution < -0.4 is 10.1 Å². The van der Waals surface area contributed by atoms with Gasteiger partial charge in [0, 0.05) is 15.4 Å². The third-order valence-electron chi connectivity index (χ3n) is 3.70. The lowest BCUT2D eigenvalue weighted by Crippen LogP contribution is -2.13. The van der Waals surface area contributed by atoms with E-state index in [1.54, 1.807) is 0 Å². The number of carbonyl (C=O) groups is 1. The van der Waals surface area contributed by atoms with Crippen molar-refractivity contribution in [2.24, 2.45) is 0 Å². The Labute approximate surface area is 148 Å². The number of fused-ring (bicyclic) bond motifs is 1. The second-order valence-electron chi connectivity index (χ2n) is 5.50. The summed E-state index contributed by atoms with van der Waals surface area (Å²) < 4.78 is 12.4. The number of anilines is 1. The number of hydrogen-bond acceptors (Lipinski definition) is 3. The molecule has 3 rings (SSSR count). The van der Waals surface area contributed by atoms with E-state index in [9.17, 15) is 4.79 Å². The molecule has 0 fully saturated rings. The molecule has 1 heterocycles. The topological polar surface area (TPSA) is 51.5 Å². The number of ether oxygens (including phenoxy) is 1. The maximum atomic E-state index is 12.6. The van der Waals surface area contributed by atoms with Crippen LogP contribution in [0.5, 0.6) is 5.75 Å². The molecule has 0 saturated heterocycles. The molecular weight excluding hydrogens is 370 g/mol. The van der Waals surface area contributed by atoms with Crippen molar-refractivity contribution < 1.29 is 13.9 Å². The van der Waals surface area contributed by atoms with Gasteiger partial charge < -0.3 is 14.5 Å². The van der Waals surface area contributed by atoms with Crippen LogP contribution in [0, 0.1) is 6.92 Å². The zero-order valence-corrected chi connectivity index (χ0v) is 15.1. The van der Waals surface area contributed by atoms with Crippen molar-refractivity contribution in [1.82, 2.24) is 0 Å². The molecular formula is C19H18BrNO3. The van der Waals surface area contributed by atoms with E-state index in [1.807, 2.05) is 56.3 Å². The summed E-state index contributed by atoms with van der Waals surface area (Å²) in [4.78, 5) is 12.6. The largest absolute Gasteiger partial charge is 0.491 e. The molecule has 0 bridgehead atoms. The third kappa shape index (κ3) is 3.31. The smallest absolute Gasteiger partial charge is 0.291 e. The van der Waals surface area contributed by atoms with E-state index in [4.69, 9.17) is 9.15 Å². The summed E-state index contributed by atoms with van der Waals surface area (Å²) in [7, 11) is 0. The van der Waals surface area contributed by atoms with Crippen LogP contribution in [0.15, 0.2) is 51.4 Å². The number of nitrogens with one attached hydrogen (secondary N) is 1. The average molecular weight is 388 g/mol. The quantitative estimate of drug-likeness (QED) is 0.624. The van der Waals surface area contributed by atoms with Gasteiger partial charge >= 0.3 is 0 Å². The molecule has 1 N–H and O–H groups in total. The highest BCUT2D eigenvalue weighted by Crippen LogP contribution is 2.30. The van der Waals surface area contributed by atoms with Crippen molar-refractivity contribution >= 4 is 38.5 Å². The number of benzene rings is 2. The van der Waals surface area contributed by atoms with Crippen LogP contribution in [-0.4, -0.2) is 12.5 Å². The van der Waals surface area contributed by atoms with E-state index in [1.165, 1.54) is 0 Å². The minimum absolute atomic E-state index is 0.285. The SMILES string of the molecule is CCCOc1ccccc1NC(=O)c1oc2ccc(Br)cc2c1C. The Morgan fingerprint density at radius 3 is 2.83 bits per heavy atom. The highest BCUT2D eigenvalue weighted by atomic mass is 79.9. The van der Waals surface area contributed by atoms with Gasteiger partial charge in [-0.05, 0) is 43.7 Å². The Bertz CT molecular complexity index is 885. The van der Waals surface area contributed by atoms with Crippen molar-refractivity contribution in [2.45, 2.75) is 20.3 Å². The Morgan fingerprint density at radius 1 is 1.25 bits per heavy atom. The third-order valence-corrected chi connectivity index (χ3v) is 4.19. The highest BCUT2D eigenvalue weighted by molar-refractivity contribution is 9.10. The number of carbonyl (C=O) groups excluding carboxylic acids is 1. The van der Waals surface area contributed by atoms with Crippen LogP contribution in [-0.2, 0) is 0 Å². The summed E-state index contributed by atoms with van der Waals surface area (Å²) in [6, 6.07) is 13.1. The van der Waals surface area contributed by atoms with Crippen molar-refractivity contribution in [3.63, 3.8) is 0 Å². The Kier molecular flexibility index (Phi) is 4.90. The molecule has 4 nitrogen and oxygen atoms in total. The molecule has 1 amide bonds. The lowest BCUT2D eigenvalue weighted by Gasteiger charge is -2.11. The number of amides is 1. The zero-order chi connectivity index (χ0) is 17.1. The number of hydrogen-bond donors (Lipinski definition) is 1. The molecule has 2 aromatic carbocycles. The molecule has 124 valence electrons. The Balaban J connectivity index is 1.89. The summed E-state index contributed by atoms with van der Waals surface area (Å²) in [5, 5.41) is 3.80. The number of halogens is 1. The second kappa shape index (κ2) is 7.09. The molecule has 0 aliphatic carbocycles. The molecule has 0 radical (unpaired) electrons. The molecule has 0 aliphatic rings. The summed E-state index contributed by atoms with van der Waals surface area (Å²) in [6.45, 7) is 4.52. The maximum Gasteiger partial charge on any atom is 0.291 e. The van der Waals surface area contributed by atoms with E-state index >= 15 is 0 Å². The van der Waals surface area contributed by atoms with Gasteiger partial charge in [0.05, 0.1) is 12.3 Å². The van der Waals surface area contributed by atoms with Gasteiger partial charge in [0.15, 0.2) is 5.76 Å². The van der Waals surface area contributed by atoms with E-state index < -0.39 is 0 Å². The van der Waals surface area contributed by atoms with Crippen LogP contribution in [0.25, 0.3) is 11.0 Å². The van der Waals surface area contributed by atoms with Gasteiger partial charge in [-0.25, -0.2) is 0 Å². The first-order chi connectivity index (χ1) is 11.6. The fourth-order valence-electron chi connectivity index (χ4n) is 2.50. The van der Waals surface area contributed by atoms with Crippen molar-refractivity contribution in [3.05, 3.63) is 58.3 Å². The minimum atomic E-state index is -0.285. The fraction of sp³-hybridized carbons (Fsp3) is 0.211. The summed E-state index contributed by atoms with van der Waals surface area (Å²) in [5.41, 5.74) is 2.14. The van der Waals surface area contributed by atoms with Crippen LogP contribution in [0.2, 0.25) is 0 Å². The molecule has 0 saturated carbocycles. The van der Waals surface area contributed by atoms with Crippen molar-refractivity contribution in [2.75, 3.05) is 11.9 Å². The predicted octanol–water partition coefficient (Wildman–Crippen LogP) is 5.54. The van der Waals surface area contributed by atoms with E-state index in [0.29, 0.717) is 29.4 Å². The number of para-hydroxylation sites is 2. The van der Waals surface area contributed by atoms with Crippen LogP contribution in [0.4, 0.5) is 5.69 Å². The number of rotatable bonds is 5. The van der Waals surface area contributed by atoms with Crippen LogP contribution >= 0.6 is 15.9 Å². The summed E-state index contributed by atoms with van der Waals surface area (Å²) in [5.74, 6) is 0.685. The minimum Gasteiger partial charge on any atom is -0.491 e. The van der Waals surface area contributed by atoms with E-state index in [-0.39, 0.29) is 5.91 Å². The van der Waals surface area contributed by atoms with Gasteiger partial charge in [0.1, 0.15) is 11.3 Å². The predicted molar refractivity (Wildman–Crippen MR) is 98.8 cm³/mol. The van der Waals surface area contributed by atoms with Gasteiger partial charge in [-0.15, -0.1) is 0 Å². The first-order valence-corrected chi connectivity index (χ1v) is 8.61. The van der Waals surface area contributed by atoms with Gasteiger partial charge in [0.2, 0.25) is 0 Å². The van der Waals surface area contributed by atoms with E-state index in [0.717, 1.165) is 21.8 Å².